The Morgan fingerprint density at radius 3 is 2.81 bits per heavy atom. The molecule has 0 saturated carbocycles. The molecule has 0 bridgehead atoms. The maximum atomic E-state index is 6.68. The molecule has 1 unspecified atom stereocenters. The molecular formula is C22H25ClN8. The van der Waals surface area contributed by atoms with Gasteiger partial charge < -0.3 is 15.6 Å². The Morgan fingerprint density at radius 2 is 2.03 bits per heavy atom. The minimum atomic E-state index is 0.331. The summed E-state index contributed by atoms with van der Waals surface area (Å²) in [6, 6.07) is 8.46. The van der Waals surface area contributed by atoms with E-state index < -0.39 is 0 Å². The molecule has 1 fully saturated rings. The minimum Gasteiger partial charge on any atom is -0.324 e. The highest BCUT2D eigenvalue weighted by Gasteiger charge is 2.19. The van der Waals surface area contributed by atoms with Gasteiger partial charge in [0.2, 0.25) is 5.95 Å². The molecule has 0 spiro atoms. The number of fused-ring (bicyclic) bond motifs is 1. The first kappa shape index (κ1) is 20.0. The number of aromatic amines is 1. The molecule has 4 aromatic rings. The van der Waals surface area contributed by atoms with Gasteiger partial charge in [0.05, 0.1) is 16.7 Å². The van der Waals surface area contributed by atoms with E-state index in [1.807, 2.05) is 31.6 Å². The SMILES string of the molecule is CC(c1ccnc(Nc2nc3c(Cl)c(-c4cnn(C)c4)ccc3[nH]2)c1)N1CCNCC1. The largest absolute Gasteiger partial charge is 0.324 e. The van der Waals surface area contributed by atoms with Crippen molar-refractivity contribution < 1.29 is 0 Å². The van der Waals surface area contributed by atoms with Crippen LogP contribution in [0.25, 0.3) is 22.2 Å². The van der Waals surface area contributed by atoms with Gasteiger partial charge in [0.1, 0.15) is 11.3 Å². The van der Waals surface area contributed by atoms with Crippen LogP contribution < -0.4 is 10.6 Å². The summed E-state index contributed by atoms with van der Waals surface area (Å²) >= 11 is 6.68. The van der Waals surface area contributed by atoms with Crippen LogP contribution in [0.15, 0.2) is 42.9 Å². The second-order valence-corrected chi connectivity index (χ2v) is 8.25. The molecule has 0 aliphatic carbocycles. The molecule has 3 N–H and O–H groups in total. The van der Waals surface area contributed by atoms with Crippen molar-refractivity contribution in [3.05, 3.63) is 53.4 Å². The lowest BCUT2D eigenvalue weighted by Crippen LogP contribution is -2.44. The van der Waals surface area contributed by atoms with Gasteiger partial charge in [0, 0.05) is 62.8 Å². The van der Waals surface area contributed by atoms with E-state index in [-0.39, 0.29) is 0 Å². The van der Waals surface area contributed by atoms with Gasteiger partial charge in [-0.2, -0.15) is 5.10 Å². The molecule has 1 aromatic carbocycles. The second kappa shape index (κ2) is 8.30. The number of hydrogen-bond donors (Lipinski definition) is 3. The van der Waals surface area contributed by atoms with Crippen molar-refractivity contribution in [1.29, 1.82) is 0 Å². The van der Waals surface area contributed by atoms with E-state index in [4.69, 9.17) is 11.6 Å². The number of H-pyrrole nitrogens is 1. The van der Waals surface area contributed by atoms with Gasteiger partial charge >= 0.3 is 0 Å². The maximum Gasteiger partial charge on any atom is 0.206 e. The van der Waals surface area contributed by atoms with Crippen molar-refractivity contribution in [1.82, 2.24) is 34.9 Å². The maximum absolute atomic E-state index is 6.68. The van der Waals surface area contributed by atoms with E-state index in [2.05, 4.69) is 54.6 Å². The van der Waals surface area contributed by atoms with Crippen LogP contribution in [-0.2, 0) is 7.05 Å². The van der Waals surface area contributed by atoms with Crippen LogP contribution >= 0.6 is 11.6 Å². The summed E-state index contributed by atoms with van der Waals surface area (Å²) in [4.78, 5) is 14.9. The summed E-state index contributed by atoms with van der Waals surface area (Å²) in [6.45, 7) is 6.40. The van der Waals surface area contributed by atoms with Crippen LogP contribution in [0.4, 0.5) is 11.8 Å². The zero-order valence-electron chi connectivity index (χ0n) is 17.6. The first-order valence-corrected chi connectivity index (χ1v) is 10.8. The topological polar surface area (TPSA) is 86.7 Å². The zero-order valence-corrected chi connectivity index (χ0v) is 18.3. The number of pyridine rings is 1. The van der Waals surface area contributed by atoms with Gasteiger partial charge in [0.25, 0.3) is 0 Å². The summed E-state index contributed by atoms with van der Waals surface area (Å²) in [5.74, 6) is 1.36. The number of nitrogens with zero attached hydrogens (tertiary/aromatic N) is 5. The van der Waals surface area contributed by atoms with Gasteiger partial charge in [-0.15, -0.1) is 0 Å². The van der Waals surface area contributed by atoms with Crippen LogP contribution in [-0.4, -0.2) is 55.8 Å². The van der Waals surface area contributed by atoms with E-state index >= 15 is 0 Å². The van der Waals surface area contributed by atoms with Gasteiger partial charge in [-0.25, -0.2) is 9.97 Å². The lowest BCUT2D eigenvalue weighted by molar-refractivity contribution is 0.185. The molecule has 3 aromatic heterocycles. The third-order valence-corrected chi connectivity index (χ3v) is 6.20. The summed E-state index contributed by atoms with van der Waals surface area (Å²) in [7, 11) is 1.89. The fourth-order valence-electron chi connectivity index (χ4n) is 4.06. The average molecular weight is 437 g/mol. The second-order valence-electron chi connectivity index (χ2n) is 7.87. The first-order chi connectivity index (χ1) is 15.1. The third-order valence-electron chi connectivity index (χ3n) is 5.82. The normalized spacial score (nSPS) is 16.0. The van der Waals surface area contributed by atoms with E-state index in [0.717, 1.165) is 54.2 Å². The Bertz CT molecular complexity index is 1210. The Morgan fingerprint density at radius 1 is 1.19 bits per heavy atom. The number of aromatic nitrogens is 5. The molecule has 1 aliphatic rings. The van der Waals surface area contributed by atoms with E-state index in [9.17, 15) is 0 Å². The van der Waals surface area contributed by atoms with Gasteiger partial charge in [-0.3, -0.25) is 9.58 Å². The van der Waals surface area contributed by atoms with Crippen molar-refractivity contribution in [3.8, 4) is 11.1 Å². The van der Waals surface area contributed by atoms with Crippen LogP contribution in [0.2, 0.25) is 5.02 Å². The molecule has 160 valence electrons. The van der Waals surface area contributed by atoms with Crippen molar-refractivity contribution >= 4 is 34.4 Å². The fourth-order valence-corrected chi connectivity index (χ4v) is 4.38. The molecule has 8 nitrogen and oxygen atoms in total. The van der Waals surface area contributed by atoms with Crippen molar-refractivity contribution in [2.24, 2.45) is 7.05 Å². The molecular weight excluding hydrogens is 412 g/mol. The van der Waals surface area contributed by atoms with Crippen molar-refractivity contribution in [2.75, 3.05) is 31.5 Å². The van der Waals surface area contributed by atoms with Crippen LogP contribution in [0, 0.1) is 0 Å². The number of rotatable bonds is 5. The number of halogens is 1. The summed E-state index contributed by atoms with van der Waals surface area (Å²) in [5, 5.41) is 11.5. The van der Waals surface area contributed by atoms with E-state index in [1.54, 1.807) is 10.9 Å². The lowest BCUT2D eigenvalue weighted by atomic mass is 10.1. The molecule has 0 radical (unpaired) electrons. The number of anilines is 2. The Labute approximate surface area is 185 Å². The number of hydrogen-bond acceptors (Lipinski definition) is 6. The minimum absolute atomic E-state index is 0.331. The summed E-state index contributed by atoms with van der Waals surface area (Å²) in [6.07, 6.45) is 5.58. The number of nitrogens with one attached hydrogen (secondary N) is 3. The standard InChI is InChI=1S/C22H25ClN8/c1-14(31-9-7-24-8-10-31)15-5-6-25-19(11-15)28-22-27-18-4-3-17(20(23)21(18)29-22)16-12-26-30(2)13-16/h3-6,11-14,24H,7-10H2,1-2H3,(H2,25,27,28,29). The molecule has 1 atom stereocenters. The number of piperazine rings is 1. The molecule has 1 aliphatic heterocycles. The molecule has 1 saturated heterocycles. The highest BCUT2D eigenvalue weighted by molar-refractivity contribution is 6.37. The average Bonchev–Trinajstić information content (AvgIpc) is 3.40. The highest BCUT2D eigenvalue weighted by atomic mass is 35.5. The predicted octanol–water partition coefficient (Wildman–Crippen LogP) is 3.72. The molecule has 5 rings (SSSR count). The van der Waals surface area contributed by atoms with Crippen LogP contribution in [0.5, 0.6) is 0 Å². The number of aryl methyl sites for hydroxylation is 1. The van der Waals surface area contributed by atoms with Gasteiger partial charge in [-0.05, 0) is 30.7 Å². The molecule has 31 heavy (non-hydrogen) atoms. The highest BCUT2D eigenvalue weighted by Crippen LogP contribution is 2.34. The number of benzene rings is 1. The zero-order chi connectivity index (χ0) is 21.4. The molecule has 9 heteroatoms. The molecule has 0 amide bonds. The van der Waals surface area contributed by atoms with Crippen LogP contribution in [0.3, 0.4) is 0 Å². The lowest BCUT2D eigenvalue weighted by Gasteiger charge is -2.33. The Balaban J connectivity index is 1.40. The quantitative estimate of drug-likeness (QED) is 0.442. The predicted molar refractivity (Wildman–Crippen MR) is 124 cm³/mol. The van der Waals surface area contributed by atoms with Crippen LogP contribution in [0.1, 0.15) is 18.5 Å². The van der Waals surface area contributed by atoms with Crippen molar-refractivity contribution in [2.45, 2.75) is 13.0 Å². The van der Waals surface area contributed by atoms with Crippen molar-refractivity contribution in [3.63, 3.8) is 0 Å². The fraction of sp³-hybridized carbons (Fsp3) is 0.318. The Hall–Kier alpha value is -2.94. The van der Waals surface area contributed by atoms with Gasteiger partial charge in [-0.1, -0.05) is 17.7 Å². The smallest absolute Gasteiger partial charge is 0.206 e. The monoisotopic (exact) mass is 436 g/mol. The van der Waals surface area contributed by atoms with E-state index in [1.165, 1.54) is 5.56 Å². The number of imidazole rings is 1. The third kappa shape index (κ3) is 4.01. The summed E-state index contributed by atoms with van der Waals surface area (Å²) in [5.41, 5.74) is 4.68. The summed E-state index contributed by atoms with van der Waals surface area (Å²) < 4.78 is 1.76. The first-order valence-electron chi connectivity index (χ1n) is 10.4. The Kier molecular flexibility index (Phi) is 5.35. The van der Waals surface area contributed by atoms with E-state index in [0.29, 0.717) is 17.0 Å². The molecule has 4 heterocycles. The van der Waals surface area contributed by atoms with Gasteiger partial charge in [0.15, 0.2) is 0 Å².